The lowest BCUT2D eigenvalue weighted by atomic mass is 10.1. The summed E-state index contributed by atoms with van der Waals surface area (Å²) in [5, 5.41) is 12.1. The molecule has 0 saturated heterocycles. The van der Waals surface area contributed by atoms with Gasteiger partial charge in [0.1, 0.15) is 16.6 Å². The number of phenolic OH excluding ortho intramolecular Hbond substituents is 1. The molecule has 0 aliphatic heterocycles. The van der Waals surface area contributed by atoms with Crippen molar-refractivity contribution in [1.29, 1.82) is 0 Å². The maximum absolute atomic E-state index is 13.9. The smallest absolute Gasteiger partial charge is 0.259 e. The van der Waals surface area contributed by atoms with Crippen LogP contribution in [0.4, 0.5) is 10.1 Å². The Morgan fingerprint density at radius 1 is 1.29 bits per heavy atom. The van der Waals surface area contributed by atoms with E-state index in [0.717, 1.165) is 11.6 Å². The maximum Gasteiger partial charge on any atom is 0.259 e. The Bertz CT molecular complexity index is 732. The van der Waals surface area contributed by atoms with Crippen LogP contribution in [-0.2, 0) is 0 Å². The zero-order chi connectivity index (χ0) is 15.6. The largest absolute Gasteiger partial charge is 0.507 e. The van der Waals surface area contributed by atoms with E-state index in [1.165, 1.54) is 24.3 Å². The van der Waals surface area contributed by atoms with E-state index in [-0.39, 0.29) is 22.0 Å². The van der Waals surface area contributed by atoms with Crippen LogP contribution in [0.3, 0.4) is 0 Å². The number of carbonyl (C=O) groups is 1. The summed E-state index contributed by atoms with van der Waals surface area (Å²) in [6.45, 7) is 1.79. The van der Waals surface area contributed by atoms with Crippen molar-refractivity contribution in [2.75, 3.05) is 5.32 Å². The summed E-state index contributed by atoms with van der Waals surface area (Å²) >= 11 is 4.75. The lowest BCUT2D eigenvalue weighted by molar-refractivity contribution is 0.102. The van der Waals surface area contributed by atoms with Crippen molar-refractivity contribution in [3.8, 4) is 5.75 Å². The van der Waals surface area contributed by atoms with Gasteiger partial charge in [-0.2, -0.15) is 0 Å². The molecule has 0 aliphatic carbocycles. The molecule has 0 unspecified atom stereocenters. The van der Waals surface area contributed by atoms with E-state index in [4.69, 9.17) is 18.0 Å². The normalized spacial score (nSPS) is 10.2. The van der Waals surface area contributed by atoms with Gasteiger partial charge >= 0.3 is 0 Å². The summed E-state index contributed by atoms with van der Waals surface area (Å²) in [5.74, 6) is -1.42. The second kappa shape index (κ2) is 5.88. The number of amides is 1. The number of hydrogen-bond acceptors (Lipinski definition) is 3. The number of phenols is 1. The first kappa shape index (κ1) is 14.9. The SMILES string of the molecule is Cc1ccc(O)c(C(=O)Nc2ccc(C(N)=S)cc2F)c1. The molecule has 2 aromatic carbocycles. The molecule has 0 heterocycles. The molecule has 0 saturated carbocycles. The fraction of sp³-hybridized carbons (Fsp3) is 0.0667. The molecule has 0 bridgehead atoms. The van der Waals surface area contributed by atoms with Gasteiger partial charge in [0, 0.05) is 5.56 Å². The number of nitrogens with two attached hydrogens (primary N) is 1. The van der Waals surface area contributed by atoms with Crippen molar-refractivity contribution in [3.05, 3.63) is 58.9 Å². The number of anilines is 1. The average Bonchev–Trinajstić information content (AvgIpc) is 2.43. The Labute approximate surface area is 126 Å². The quantitative estimate of drug-likeness (QED) is 0.762. The van der Waals surface area contributed by atoms with Crippen molar-refractivity contribution in [1.82, 2.24) is 0 Å². The van der Waals surface area contributed by atoms with Crippen molar-refractivity contribution < 1.29 is 14.3 Å². The molecule has 0 radical (unpaired) electrons. The van der Waals surface area contributed by atoms with Crippen LogP contribution in [-0.4, -0.2) is 16.0 Å². The third-order valence-corrected chi connectivity index (χ3v) is 3.13. The minimum absolute atomic E-state index is 0.0130. The zero-order valence-corrected chi connectivity index (χ0v) is 12.0. The number of benzene rings is 2. The molecule has 2 rings (SSSR count). The lowest BCUT2D eigenvalue weighted by Gasteiger charge is -2.09. The van der Waals surface area contributed by atoms with Crippen molar-refractivity contribution in [2.45, 2.75) is 6.92 Å². The minimum Gasteiger partial charge on any atom is -0.507 e. The van der Waals surface area contributed by atoms with E-state index in [1.54, 1.807) is 13.0 Å². The highest BCUT2D eigenvalue weighted by Crippen LogP contribution is 2.21. The molecule has 2 aromatic rings. The Kier molecular flexibility index (Phi) is 4.18. The highest BCUT2D eigenvalue weighted by atomic mass is 32.1. The highest BCUT2D eigenvalue weighted by molar-refractivity contribution is 7.80. The summed E-state index contributed by atoms with van der Waals surface area (Å²) in [4.78, 5) is 12.1. The van der Waals surface area contributed by atoms with E-state index >= 15 is 0 Å². The predicted octanol–water partition coefficient (Wildman–Crippen LogP) is 2.73. The van der Waals surface area contributed by atoms with Crippen LogP contribution < -0.4 is 11.1 Å². The van der Waals surface area contributed by atoms with Gasteiger partial charge in [0.2, 0.25) is 0 Å². The average molecular weight is 304 g/mol. The number of aryl methyl sites for hydroxylation is 1. The predicted molar refractivity (Wildman–Crippen MR) is 83.1 cm³/mol. The third kappa shape index (κ3) is 3.35. The number of aromatic hydroxyl groups is 1. The molecule has 1 amide bonds. The van der Waals surface area contributed by atoms with Gasteiger partial charge in [0.25, 0.3) is 5.91 Å². The number of thiocarbonyl (C=S) groups is 1. The number of nitrogens with one attached hydrogen (secondary N) is 1. The van der Waals surface area contributed by atoms with Gasteiger partial charge in [-0.25, -0.2) is 4.39 Å². The van der Waals surface area contributed by atoms with Crippen LogP contribution in [0.1, 0.15) is 21.5 Å². The Balaban J connectivity index is 2.27. The van der Waals surface area contributed by atoms with Gasteiger partial charge in [-0.1, -0.05) is 23.8 Å². The van der Waals surface area contributed by atoms with E-state index in [9.17, 15) is 14.3 Å². The van der Waals surface area contributed by atoms with Crippen LogP contribution in [0, 0.1) is 12.7 Å². The van der Waals surface area contributed by atoms with Crippen molar-refractivity contribution in [2.24, 2.45) is 5.73 Å². The fourth-order valence-corrected chi connectivity index (χ4v) is 1.92. The molecule has 0 aliphatic rings. The molecule has 4 nitrogen and oxygen atoms in total. The maximum atomic E-state index is 13.9. The van der Waals surface area contributed by atoms with Gasteiger partial charge in [0.05, 0.1) is 11.3 Å². The standard InChI is InChI=1S/C15H13FN2O2S/c1-8-2-5-13(19)10(6-8)15(20)18-12-4-3-9(14(17)21)7-11(12)16/h2-7,19H,1H3,(H2,17,21)(H,18,20). The van der Waals surface area contributed by atoms with Gasteiger partial charge in [-0.15, -0.1) is 0 Å². The van der Waals surface area contributed by atoms with Crippen LogP contribution in [0.15, 0.2) is 36.4 Å². The summed E-state index contributed by atoms with van der Waals surface area (Å²) < 4.78 is 13.9. The molecular formula is C15H13FN2O2S. The first-order valence-corrected chi connectivity index (χ1v) is 6.49. The molecule has 6 heteroatoms. The number of halogens is 1. The summed E-state index contributed by atoms with van der Waals surface area (Å²) in [5.41, 5.74) is 6.65. The van der Waals surface area contributed by atoms with Crippen molar-refractivity contribution >= 4 is 28.8 Å². The van der Waals surface area contributed by atoms with Crippen LogP contribution in [0.5, 0.6) is 5.75 Å². The number of carbonyl (C=O) groups excluding carboxylic acids is 1. The Hall–Kier alpha value is -2.47. The second-order valence-electron chi connectivity index (χ2n) is 4.53. The highest BCUT2D eigenvalue weighted by Gasteiger charge is 2.14. The fourth-order valence-electron chi connectivity index (χ4n) is 1.79. The zero-order valence-electron chi connectivity index (χ0n) is 11.2. The second-order valence-corrected chi connectivity index (χ2v) is 4.97. The summed E-state index contributed by atoms with van der Waals surface area (Å²) in [6, 6.07) is 8.63. The van der Waals surface area contributed by atoms with Crippen LogP contribution in [0.25, 0.3) is 0 Å². The molecule has 0 aromatic heterocycles. The molecule has 0 spiro atoms. The first-order chi connectivity index (χ1) is 9.88. The molecule has 21 heavy (non-hydrogen) atoms. The van der Waals surface area contributed by atoms with Gasteiger partial charge in [-0.05, 0) is 37.3 Å². The lowest BCUT2D eigenvalue weighted by Crippen LogP contribution is -2.15. The minimum atomic E-state index is -0.652. The summed E-state index contributed by atoms with van der Waals surface area (Å²) in [7, 11) is 0. The van der Waals surface area contributed by atoms with Crippen molar-refractivity contribution in [3.63, 3.8) is 0 Å². The molecular weight excluding hydrogens is 291 g/mol. The summed E-state index contributed by atoms with van der Waals surface area (Å²) in [6.07, 6.45) is 0. The molecule has 4 N–H and O–H groups in total. The van der Waals surface area contributed by atoms with E-state index in [1.807, 2.05) is 0 Å². The number of hydrogen-bond donors (Lipinski definition) is 3. The Morgan fingerprint density at radius 3 is 2.62 bits per heavy atom. The Morgan fingerprint density at radius 2 is 2.00 bits per heavy atom. The van der Waals surface area contributed by atoms with Gasteiger partial charge in [0.15, 0.2) is 0 Å². The van der Waals surface area contributed by atoms with E-state index < -0.39 is 11.7 Å². The molecule has 0 fully saturated rings. The van der Waals surface area contributed by atoms with E-state index in [2.05, 4.69) is 5.32 Å². The molecule has 0 atom stereocenters. The van der Waals surface area contributed by atoms with Gasteiger partial charge in [-0.3, -0.25) is 4.79 Å². The van der Waals surface area contributed by atoms with Crippen LogP contribution in [0.2, 0.25) is 0 Å². The first-order valence-electron chi connectivity index (χ1n) is 6.09. The monoisotopic (exact) mass is 304 g/mol. The molecule has 108 valence electrons. The van der Waals surface area contributed by atoms with E-state index in [0.29, 0.717) is 5.56 Å². The third-order valence-electron chi connectivity index (χ3n) is 2.90. The van der Waals surface area contributed by atoms with Gasteiger partial charge < -0.3 is 16.2 Å². The number of rotatable bonds is 3. The topological polar surface area (TPSA) is 75.3 Å². The van der Waals surface area contributed by atoms with Crippen LogP contribution >= 0.6 is 12.2 Å².